The topological polar surface area (TPSA) is 127 Å². The van der Waals surface area contributed by atoms with Crippen LogP contribution >= 0.6 is 0 Å². The van der Waals surface area contributed by atoms with E-state index in [0.717, 1.165) is 0 Å². The summed E-state index contributed by atoms with van der Waals surface area (Å²) in [7, 11) is 0. The Bertz CT molecular complexity index is 1010. The van der Waals surface area contributed by atoms with Gasteiger partial charge in [0.1, 0.15) is 0 Å². The lowest BCUT2D eigenvalue weighted by molar-refractivity contribution is -0.385. The van der Waals surface area contributed by atoms with Gasteiger partial charge < -0.3 is 10.1 Å². The highest BCUT2D eigenvalue weighted by Gasteiger charge is 2.17. The van der Waals surface area contributed by atoms with Crippen LogP contribution in [0.5, 0.6) is 0 Å². The Labute approximate surface area is 147 Å². The van der Waals surface area contributed by atoms with E-state index in [2.05, 4.69) is 15.5 Å². The van der Waals surface area contributed by atoms with Crippen LogP contribution in [0.15, 0.2) is 42.5 Å². The number of carbonyl (C=O) groups excluding carboxylic acids is 2. The summed E-state index contributed by atoms with van der Waals surface area (Å²) >= 11 is 0. The van der Waals surface area contributed by atoms with Crippen molar-refractivity contribution in [2.45, 2.75) is 6.92 Å². The van der Waals surface area contributed by atoms with Gasteiger partial charge in [-0.05, 0) is 19.1 Å². The molecule has 3 rings (SSSR count). The number of esters is 1. The predicted molar refractivity (Wildman–Crippen MR) is 92.8 cm³/mol. The van der Waals surface area contributed by atoms with E-state index in [1.165, 1.54) is 18.2 Å². The fourth-order valence-electron chi connectivity index (χ4n) is 2.40. The molecule has 0 bridgehead atoms. The first kappa shape index (κ1) is 17.1. The van der Waals surface area contributed by atoms with E-state index in [4.69, 9.17) is 4.74 Å². The lowest BCUT2D eigenvalue weighted by Gasteiger charge is -2.06. The van der Waals surface area contributed by atoms with Crippen LogP contribution in [-0.4, -0.2) is 33.6 Å². The second-order valence-electron chi connectivity index (χ2n) is 5.50. The maximum Gasteiger partial charge on any atom is 0.359 e. The van der Waals surface area contributed by atoms with Crippen LogP contribution in [-0.2, 0) is 9.53 Å². The smallest absolute Gasteiger partial charge is 0.359 e. The zero-order chi connectivity index (χ0) is 18.7. The van der Waals surface area contributed by atoms with Crippen molar-refractivity contribution >= 4 is 34.2 Å². The molecule has 9 nitrogen and oxygen atoms in total. The first-order valence-corrected chi connectivity index (χ1v) is 7.61. The zero-order valence-electron chi connectivity index (χ0n) is 13.7. The molecule has 1 amide bonds. The Kier molecular flexibility index (Phi) is 4.61. The zero-order valence-corrected chi connectivity index (χ0v) is 13.7. The van der Waals surface area contributed by atoms with E-state index in [1.807, 2.05) is 0 Å². The first-order valence-electron chi connectivity index (χ1n) is 7.61. The van der Waals surface area contributed by atoms with Gasteiger partial charge in [0.05, 0.1) is 10.4 Å². The molecule has 26 heavy (non-hydrogen) atoms. The molecular weight excluding hydrogens is 340 g/mol. The number of hydrogen-bond acceptors (Lipinski definition) is 6. The highest BCUT2D eigenvalue weighted by atomic mass is 16.6. The number of ether oxygens (including phenoxy) is 1. The molecule has 0 aliphatic carbocycles. The van der Waals surface area contributed by atoms with Crippen molar-refractivity contribution in [1.29, 1.82) is 0 Å². The van der Waals surface area contributed by atoms with Gasteiger partial charge >= 0.3 is 5.97 Å². The Morgan fingerprint density at radius 1 is 1.27 bits per heavy atom. The van der Waals surface area contributed by atoms with Crippen molar-refractivity contribution in [2.24, 2.45) is 0 Å². The van der Waals surface area contributed by atoms with E-state index in [9.17, 15) is 19.7 Å². The first-order chi connectivity index (χ1) is 12.5. The summed E-state index contributed by atoms with van der Waals surface area (Å²) in [5, 5.41) is 20.6. The van der Waals surface area contributed by atoms with Crippen molar-refractivity contribution < 1.29 is 19.2 Å². The maximum absolute atomic E-state index is 12.1. The predicted octanol–water partition coefficient (Wildman–Crippen LogP) is 2.58. The van der Waals surface area contributed by atoms with Gasteiger partial charge in [0.25, 0.3) is 11.6 Å². The van der Waals surface area contributed by atoms with Gasteiger partial charge in [-0.1, -0.05) is 24.3 Å². The number of aryl methyl sites for hydroxylation is 1. The van der Waals surface area contributed by atoms with E-state index in [1.54, 1.807) is 31.2 Å². The highest BCUT2D eigenvalue weighted by Crippen LogP contribution is 2.22. The molecule has 132 valence electrons. The summed E-state index contributed by atoms with van der Waals surface area (Å²) in [6.45, 7) is 1.06. The van der Waals surface area contributed by atoms with Crippen molar-refractivity contribution in [3.05, 3.63) is 63.8 Å². The number of anilines is 1. The summed E-state index contributed by atoms with van der Waals surface area (Å²) in [5.41, 5.74) is 1.37. The van der Waals surface area contributed by atoms with Gasteiger partial charge in [0.2, 0.25) is 0 Å². The van der Waals surface area contributed by atoms with Gasteiger partial charge in [-0.25, -0.2) is 4.79 Å². The Balaban J connectivity index is 1.63. The van der Waals surface area contributed by atoms with Crippen molar-refractivity contribution in [2.75, 3.05) is 11.9 Å². The molecule has 0 radical (unpaired) electrons. The van der Waals surface area contributed by atoms with Crippen LogP contribution in [0.3, 0.4) is 0 Å². The third-order valence-corrected chi connectivity index (χ3v) is 3.69. The Morgan fingerprint density at radius 2 is 2.04 bits per heavy atom. The Hall–Kier alpha value is -3.75. The number of fused-ring (bicyclic) bond motifs is 1. The number of nitro benzene ring substituents is 1. The number of benzene rings is 2. The number of nitrogens with zero attached hydrogens (tertiary/aromatic N) is 2. The lowest BCUT2D eigenvalue weighted by Crippen LogP contribution is -2.21. The van der Waals surface area contributed by atoms with Crippen LogP contribution in [0, 0.1) is 17.0 Å². The molecule has 3 aromatic rings. The molecule has 0 saturated heterocycles. The summed E-state index contributed by atoms with van der Waals surface area (Å²) in [4.78, 5) is 34.4. The largest absolute Gasteiger partial charge is 0.451 e. The molecule has 0 aliphatic rings. The normalized spacial score (nSPS) is 10.5. The number of carbonyl (C=O) groups is 2. The summed E-state index contributed by atoms with van der Waals surface area (Å²) in [6, 6.07) is 11.3. The van der Waals surface area contributed by atoms with Gasteiger partial charge in [-0.3, -0.25) is 20.0 Å². The second-order valence-corrected chi connectivity index (χ2v) is 5.50. The Morgan fingerprint density at radius 3 is 2.81 bits per heavy atom. The standard InChI is InChI=1S/C17H14N4O5/c1-10-6-7-11(8-14(10)21(24)25)18-15(22)9-26-17(23)16-12-4-2-3-5-13(12)19-20-16/h2-8H,9H2,1H3,(H,18,22)(H,19,20). The monoisotopic (exact) mass is 354 g/mol. The van der Waals surface area contributed by atoms with E-state index < -0.39 is 23.4 Å². The molecule has 2 aromatic carbocycles. The van der Waals surface area contributed by atoms with E-state index >= 15 is 0 Å². The molecule has 0 spiro atoms. The van der Waals surface area contributed by atoms with Crippen molar-refractivity contribution in [3.63, 3.8) is 0 Å². The van der Waals surface area contributed by atoms with Gasteiger partial charge in [0, 0.05) is 22.7 Å². The number of para-hydroxylation sites is 1. The number of hydrogen-bond donors (Lipinski definition) is 2. The number of amides is 1. The van der Waals surface area contributed by atoms with Crippen LogP contribution in [0.4, 0.5) is 11.4 Å². The van der Waals surface area contributed by atoms with Gasteiger partial charge in [-0.15, -0.1) is 0 Å². The third-order valence-electron chi connectivity index (χ3n) is 3.69. The lowest BCUT2D eigenvalue weighted by atomic mass is 10.2. The van der Waals surface area contributed by atoms with Crippen molar-refractivity contribution in [3.8, 4) is 0 Å². The average molecular weight is 354 g/mol. The van der Waals surface area contributed by atoms with Gasteiger partial charge in [-0.2, -0.15) is 5.10 Å². The minimum Gasteiger partial charge on any atom is -0.451 e. The number of aromatic nitrogens is 2. The van der Waals surface area contributed by atoms with Crippen LogP contribution in [0.25, 0.3) is 10.9 Å². The number of rotatable bonds is 5. The molecule has 2 N–H and O–H groups in total. The highest BCUT2D eigenvalue weighted by molar-refractivity contribution is 6.03. The number of nitrogens with one attached hydrogen (secondary N) is 2. The summed E-state index contributed by atoms with van der Waals surface area (Å²) < 4.78 is 4.96. The molecule has 0 saturated carbocycles. The number of aromatic amines is 1. The fraction of sp³-hybridized carbons (Fsp3) is 0.118. The number of nitro groups is 1. The van der Waals surface area contributed by atoms with E-state index in [0.29, 0.717) is 16.5 Å². The third kappa shape index (κ3) is 3.51. The second kappa shape index (κ2) is 7.01. The number of H-pyrrole nitrogens is 1. The SMILES string of the molecule is Cc1ccc(NC(=O)COC(=O)c2n[nH]c3ccccc23)cc1[N+](=O)[O-]. The molecule has 0 atom stereocenters. The molecule has 0 unspecified atom stereocenters. The fourth-order valence-corrected chi connectivity index (χ4v) is 2.40. The molecular formula is C17H14N4O5. The van der Waals surface area contributed by atoms with Gasteiger partial charge in [0.15, 0.2) is 12.3 Å². The van der Waals surface area contributed by atoms with Crippen molar-refractivity contribution in [1.82, 2.24) is 10.2 Å². The molecule has 0 aliphatic heterocycles. The maximum atomic E-state index is 12.1. The summed E-state index contributed by atoms with van der Waals surface area (Å²) in [6.07, 6.45) is 0. The molecule has 1 heterocycles. The summed E-state index contributed by atoms with van der Waals surface area (Å²) in [5.74, 6) is -1.36. The van der Waals surface area contributed by atoms with Crippen LogP contribution in [0.1, 0.15) is 16.1 Å². The minimum absolute atomic E-state index is 0.0828. The molecule has 1 aromatic heterocycles. The van der Waals surface area contributed by atoms with Crippen LogP contribution < -0.4 is 5.32 Å². The molecule has 0 fully saturated rings. The average Bonchev–Trinajstić information content (AvgIpc) is 3.05. The molecule has 9 heteroatoms. The van der Waals surface area contributed by atoms with Crippen LogP contribution in [0.2, 0.25) is 0 Å². The van der Waals surface area contributed by atoms with E-state index in [-0.39, 0.29) is 17.1 Å². The quantitative estimate of drug-likeness (QED) is 0.412. The minimum atomic E-state index is -0.743.